The van der Waals surface area contributed by atoms with Gasteiger partial charge in [0.25, 0.3) is 5.91 Å². The van der Waals surface area contributed by atoms with Gasteiger partial charge in [-0.05, 0) is 12.1 Å². The predicted octanol–water partition coefficient (Wildman–Crippen LogP) is 0.711. The number of ether oxygens (including phenoxy) is 3. The number of amides is 1. The lowest BCUT2D eigenvalue weighted by atomic mass is 10.2. The Balaban J connectivity index is 1.96. The van der Waals surface area contributed by atoms with Gasteiger partial charge < -0.3 is 19.1 Å². The summed E-state index contributed by atoms with van der Waals surface area (Å²) in [5.74, 6) is -0.256. The van der Waals surface area contributed by atoms with E-state index < -0.39 is 5.97 Å². The summed E-state index contributed by atoms with van der Waals surface area (Å²) in [6.07, 6.45) is 0. The molecule has 20 heavy (non-hydrogen) atoms. The van der Waals surface area contributed by atoms with Crippen molar-refractivity contribution < 1.29 is 23.8 Å². The highest BCUT2D eigenvalue weighted by Crippen LogP contribution is 2.18. The molecule has 6 nitrogen and oxygen atoms in total. The highest BCUT2D eigenvalue weighted by atomic mass is 16.5. The summed E-state index contributed by atoms with van der Waals surface area (Å²) in [6.45, 7) is 2.13. The van der Waals surface area contributed by atoms with Crippen LogP contribution in [0.3, 0.4) is 0 Å². The van der Waals surface area contributed by atoms with Gasteiger partial charge in [0.15, 0.2) is 6.61 Å². The largest absolute Gasteiger partial charge is 0.483 e. The quantitative estimate of drug-likeness (QED) is 0.759. The summed E-state index contributed by atoms with van der Waals surface area (Å²) in [5.41, 5.74) is 0.310. The Morgan fingerprint density at radius 3 is 2.65 bits per heavy atom. The van der Waals surface area contributed by atoms with Crippen LogP contribution < -0.4 is 4.74 Å². The van der Waals surface area contributed by atoms with E-state index in [2.05, 4.69) is 4.74 Å². The van der Waals surface area contributed by atoms with Gasteiger partial charge in [0.2, 0.25) is 0 Å². The van der Waals surface area contributed by atoms with E-state index >= 15 is 0 Å². The Bertz CT molecular complexity index is 482. The molecular weight excluding hydrogens is 262 g/mol. The second-order valence-electron chi connectivity index (χ2n) is 4.27. The van der Waals surface area contributed by atoms with Crippen LogP contribution in [0.4, 0.5) is 0 Å². The van der Waals surface area contributed by atoms with Crippen molar-refractivity contribution in [3.63, 3.8) is 0 Å². The third-order valence-corrected chi connectivity index (χ3v) is 3.01. The summed E-state index contributed by atoms with van der Waals surface area (Å²) in [5, 5.41) is 0. The number of para-hydroxylation sites is 1. The van der Waals surface area contributed by atoms with Crippen molar-refractivity contribution in [3.05, 3.63) is 29.8 Å². The fourth-order valence-corrected chi connectivity index (χ4v) is 1.91. The lowest BCUT2D eigenvalue weighted by Crippen LogP contribution is -2.43. The molecule has 1 amide bonds. The first-order valence-electron chi connectivity index (χ1n) is 6.38. The molecular formula is C14H17NO5. The minimum atomic E-state index is -0.487. The molecule has 0 saturated carbocycles. The molecule has 0 radical (unpaired) electrons. The topological polar surface area (TPSA) is 65.1 Å². The fourth-order valence-electron chi connectivity index (χ4n) is 1.91. The van der Waals surface area contributed by atoms with E-state index in [1.54, 1.807) is 29.2 Å². The summed E-state index contributed by atoms with van der Waals surface area (Å²) in [4.78, 5) is 25.2. The fraction of sp³-hybridized carbons (Fsp3) is 0.429. The molecule has 6 heteroatoms. The molecule has 0 bridgehead atoms. The Labute approximate surface area is 117 Å². The zero-order valence-corrected chi connectivity index (χ0v) is 11.3. The van der Waals surface area contributed by atoms with Crippen LogP contribution in [-0.4, -0.2) is 56.8 Å². The zero-order chi connectivity index (χ0) is 14.4. The Morgan fingerprint density at radius 2 is 1.95 bits per heavy atom. The van der Waals surface area contributed by atoms with Crippen molar-refractivity contribution in [3.8, 4) is 5.75 Å². The predicted molar refractivity (Wildman–Crippen MR) is 70.7 cm³/mol. The summed E-state index contributed by atoms with van der Waals surface area (Å²) < 4.78 is 15.3. The third-order valence-electron chi connectivity index (χ3n) is 3.01. The maximum absolute atomic E-state index is 12.0. The van der Waals surface area contributed by atoms with Gasteiger partial charge in [0.1, 0.15) is 11.3 Å². The number of benzene rings is 1. The zero-order valence-electron chi connectivity index (χ0n) is 11.3. The highest BCUT2D eigenvalue weighted by Gasteiger charge is 2.18. The van der Waals surface area contributed by atoms with E-state index in [-0.39, 0.29) is 12.5 Å². The molecule has 1 aromatic rings. The standard InChI is InChI=1S/C14H17NO5/c1-18-14(17)11-4-2-3-5-12(11)20-10-13(16)15-6-8-19-9-7-15/h2-5H,6-10H2,1H3. The van der Waals surface area contributed by atoms with Gasteiger partial charge in [-0.1, -0.05) is 12.1 Å². The highest BCUT2D eigenvalue weighted by molar-refractivity contribution is 5.92. The van der Waals surface area contributed by atoms with E-state index in [0.29, 0.717) is 37.6 Å². The average Bonchev–Trinajstić information content (AvgIpc) is 2.53. The summed E-state index contributed by atoms with van der Waals surface area (Å²) in [6, 6.07) is 6.68. The number of hydrogen-bond donors (Lipinski definition) is 0. The number of esters is 1. The molecule has 1 fully saturated rings. The number of rotatable bonds is 4. The van der Waals surface area contributed by atoms with Crippen molar-refractivity contribution in [1.29, 1.82) is 0 Å². The van der Waals surface area contributed by atoms with Gasteiger partial charge in [-0.2, -0.15) is 0 Å². The Hall–Kier alpha value is -2.08. The minimum Gasteiger partial charge on any atom is -0.483 e. The second-order valence-corrected chi connectivity index (χ2v) is 4.27. The van der Waals surface area contributed by atoms with Crippen LogP contribution in [0.5, 0.6) is 5.75 Å². The SMILES string of the molecule is COC(=O)c1ccccc1OCC(=O)N1CCOCC1. The first kappa shape index (κ1) is 14.3. The molecule has 0 atom stereocenters. The first-order chi connectivity index (χ1) is 9.72. The molecule has 0 unspecified atom stereocenters. The summed E-state index contributed by atoms with van der Waals surface area (Å²) in [7, 11) is 1.30. The molecule has 1 heterocycles. The van der Waals surface area contributed by atoms with Crippen molar-refractivity contribution in [1.82, 2.24) is 4.90 Å². The van der Waals surface area contributed by atoms with Gasteiger partial charge in [0.05, 0.1) is 20.3 Å². The van der Waals surface area contributed by atoms with E-state index in [1.807, 2.05) is 0 Å². The van der Waals surface area contributed by atoms with Crippen LogP contribution in [0.25, 0.3) is 0 Å². The molecule has 0 spiro atoms. The first-order valence-corrected chi connectivity index (χ1v) is 6.38. The Kier molecular flexibility index (Phi) is 4.95. The van der Waals surface area contributed by atoms with Gasteiger partial charge >= 0.3 is 5.97 Å². The molecule has 2 rings (SSSR count). The number of nitrogens with zero attached hydrogens (tertiary/aromatic N) is 1. The van der Waals surface area contributed by atoms with Crippen molar-refractivity contribution in [2.24, 2.45) is 0 Å². The second kappa shape index (κ2) is 6.91. The number of morpholine rings is 1. The minimum absolute atomic E-state index is 0.103. The molecule has 1 aliphatic heterocycles. The number of carbonyl (C=O) groups is 2. The molecule has 1 aromatic carbocycles. The van der Waals surface area contributed by atoms with Crippen LogP contribution in [-0.2, 0) is 14.3 Å². The van der Waals surface area contributed by atoms with E-state index in [0.717, 1.165) is 0 Å². The molecule has 0 aromatic heterocycles. The maximum atomic E-state index is 12.0. The normalized spacial score (nSPS) is 14.8. The van der Waals surface area contributed by atoms with Crippen molar-refractivity contribution in [2.45, 2.75) is 0 Å². The molecule has 0 N–H and O–H groups in total. The number of carbonyl (C=O) groups excluding carboxylic acids is 2. The third kappa shape index (κ3) is 3.48. The van der Waals surface area contributed by atoms with Crippen molar-refractivity contribution in [2.75, 3.05) is 40.0 Å². The van der Waals surface area contributed by atoms with Crippen LogP contribution in [0, 0.1) is 0 Å². The van der Waals surface area contributed by atoms with E-state index in [9.17, 15) is 9.59 Å². The van der Waals surface area contributed by atoms with E-state index in [1.165, 1.54) is 7.11 Å². The monoisotopic (exact) mass is 279 g/mol. The summed E-state index contributed by atoms with van der Waals surface area (Å²) >= 11 is 0. The number of hydrogen-bond acceptors (Lipinski definition) is 5. The molecule has 0 aliphatic carbocycles. The maximum Gasteiger partial charge on any atom is 0.341 e. The lowest BCUT2D eigenvalue weighted by Gasteiger charge is -2.26. The van der Waals surface area contributed by atoms with Gasteiger partial charge in [-0.15, -0.1) is 0 Å². The van der Waals surface area contributed by atoms with Gasteiger partial charge in [-0.25, -0.2) is 4.79 Å². The molecule has 1 aliphatic rings. The van der Waals surface area contributed by atoms with Gasteiger partial charge in [0, 0.05) is 13.1 Å². The smallest absolute Gasteiger partial charge is 0.341 e. The van der Waals surface area contributed by atoms with Crippen LogP contribution >= 0.6 is 0 Å². The van der Waals surface area contributed by atoms with Crippen LogP contribution in [0.2, 0.25) is 0 Å². The van der Waals surface area contributed by atoms with Crippen molar-refractivity contribution >= 4 is 11.9 Å². The van der Waals surface area contributed by atoms with Gasteiger partial charge in [-0.3, -0.25) is 4.79 Å². The molecule has 108 valence electrons. The lowest BCUT2D eigenvalue weighted by molar-refractivity contribution is -0.137. The van der Waals surface area contributed by atoms with Crippen LogP contribution in [0.15, 0.2) is 24.3 Å². The number of methoxy groups -OCH3 is 1. The van der Waals surface area contributed by atoms with E-state index in [4.69, 9.17) is 9.47 Å². The Morgan fingerprint density at radius 1 is 1.25 bits per heavy atom. The average molecular weight is 279 g/mol. The molecule has 1 saturated heterocycles. The van der Waals surface area contributed by atoms with Crippen LogP contribution in [0.1, 0.15) is 10.4 Å².